The van der Waals surface area contributed by atoms with Gasteiger partial charge in [0, 0.05) is 11.3 Å². The van der Waals surface area contributed by atoms with Gasteiger partial charge in [-0.25, -0.2) is 9.18 Å². The predicted octanol–water partition coefficient (Wildman–Crippen LogP) is 5.05. The highest BCUT2D eigenvalue weighted by atomic mass is 35.5. The molecule has 0 radical (unpaired) electrons. The Labute approximate surface area is 197 Å². The van der Waals surface area contributed by atoms with E-state index in [1.807, 2.05) is 0 Å². The zero-order valence-electron chi connectivity index (χ0n) is 16.7. The van der Waals surface area contributed by atoms with Crippen LogP contribution in [0.5, 0.6) is 0 Å². The van der Waals surface area contributed by atoms with Gasteiger partial charge in [-0.3, -0.25) is 14.4 Å². The SMILES string of the molecule is O=C(Nc1ccc(Cl)c(Cl)c1)C(=O)[C@H](C(=O)c1ccccc1F)[C@H]1OC(=O)c2ccccc21. The zero-order valence-corrected chi connectivity index (χ0v) is 18.2. The van der Waals surface area contributed by atoms with Crippen molar-refractivity contribution in [3.8, 4) is 0 Å². The van der Waals surface area contributed by atoms with Crippen LogP contribution in [0.2, 0.25) is 10.0 Å². The van der Waals surface area contributed by atoms with Crippen LogP contribution in [-0.4, -0.2) is 23.4 Å². The molecule has 166 valence electrons. The summed E-state index contributed by atoms with van der Waals surface area (Å²) in [6, 6.07) is 15.4. The number of Topliss-reactive ketones (excluding diaryl/α,β-unsaturated/α-hetero) is 2. The van der Waals surface area contributed by atoms with Crippen molar-refractivity contribution in [3.05, 3.63) is 99.3 Å². The van der Waals surface area contributed by atoms with Crippen LogP contribution < -0.4 is 5.32 Å². The van der Waals surface area contributed by atoms with E-state index in [1.54, 1.807) is 12.1 Å². The molecule has 0 spiro atoms. The smallest absolute Gasteiger partial charge is 0.339 e. The first-order valence-corrected chi connectivity index (χ1v) is 10.4. The number of ketones is 2. The topological polar surface area (TPSA) is 89.5 Å². The van der Waals surface area contributed by atoms with E-state index in [-0.39, 0.29) is 26.9 Å². The second kappa shape index (κ2) is 9.13. The molecule has 1 aliphatic rings. The summed E-state index contributed by atoms with van der Waals surface area (Å²) < 4.78 is 19.7. The molecule has 0 saturated heterocycles. The van der Waals surface area contributed by atoms with Crippen LogP contribution in [0.1, 0.15) is 32.4 Å². The van der Waals surface area contributed by atoms with Gasteiger partial charge in [0.25, 0.3) is 5.91 Å². The normalized spacial score (nSPS) is 15.4. The molecule has 4 rings (SSSR count). The number of benzene rings is 3. The molecule has 0 aliphatic carbocycles. The number of nitrogens with one attached hydrogen (secondary N) is 1. The van der Waals surface area contributed by atoms with Crippen molar-refractivity contribution < 1.29 is 28.3 Å². The number of cyclic esters (lactones) is 1. The molecule has 3 aromatic rings. The minimum atomic E-state index is -1.81. The highest BCUT2D eigenvalue weighted by molar-refractivity contribution is 6.46. The Morgan fingerprint density at radius 3 is 2.36 bits per heavy atom. The predicted molar refractivity (Wildman–Crippen MR) is 119 cm³/mol. The first-order chi connectivity index (χ1) is 15.8. The number of esters is 1. The van der Waals surface area contributed by atoms with E-state index in [9.17, 15) is 23.6 Å². The molecule has 0 bridgehead atoms. The second-order valence-electron chi connectivity index (χ2n) is 7.18. The van der Waals surface area contributed by atoms with Gasteiger partial charge in [0.1, 0.15) is 17.8 Å². The Hall–Kier alpha value is -3.55. The number of fused-ring (bicyclic) bond motifs is 1. The standard InChI is InChI=1S/C24H14Cl2FNO5/c25-16-10-9-12(11-17(16)26)28-23(31)21(30)19(20(29)15-7-3-4-8-18(15)27)22-13-5-1-2-6-14(13)24(32)33-22/h1-11,19,22H,(H,28,31)/t19-,22-/m0/s1. The van der Waals surface area contributed by atoms with E-state index >= 15 is 0 Å². The van der Waals surface area contributed by atoms with Crippen LogP contribution in [-0.2, 0) is 14.3 Å². The molecule has 0 fully saturated rings. The van der Waals surface area contributed by atoms with Crippen molar-refractivity contribution in [1.29, 1.82) is 0 Å². The minimum Gasteiger partial charge on any atom is -0.453 e. The van der Waals surface area contributed by atoms with Crippen LogP contribution in [0.15, 0.2) is 66.7 Å². The highest BCUT2D eigenvalue weighted by Gasteiger charge is 2.46. The summed E-state index contributed by atoms with van der Waals surface area (Å²) in [4.78, 5) is 51.6. The molecule has 0 unspecified atom stereocenters. The average Bonchev–Trinajstić information content (AvgIpc) is 3.13. The molecule has 1 amide bonds. The lowest BCUT2D eigenvalue weighted by molar-refractivity contribution is -0.138. The summed E-state index contributed by atoms with van der Waals surface area (Å²) in [5.74, 6) is -6.79. The number of carbonyl (C=O) groups is 4. The summed E-state index contributed by atoms with van der Waals surface area (Å²) in [7, 11) is 0. The second-order valence-corrected chi connectivity index (χ2v) is 8.00. The van der Waals surface area contributed by atoms with Crippen LogP contribution in [0.25, 0.3) is 0 Å². The number of rotatable bonds is 6. The quantitative estimate of drug-likeness (QED) is 0.228. The van der Waals surface area contributed by atoms with Gasteiger partial charge in [0.05, 0.1) is 21.2 Å². The number of ether oxygens (including phenoxy) is 1. The lowest BCUT2D eigenvalue weighted by Crippen LogP contribution is -2.38. The van der Waals surface area contributed by atoms with Crippen molar-refractivity contribution >= 4 is 52.3 Å². The average molecular weight is 486 g/mol. The zero-order chi connectivity index (χ0) is 23.7. The van der Waals surface area contributed by atoms with E-state index in [2.05, 4.69) is 5.32 Å². The molecule has 33 heavy (non-hydrogen) atoms. The number of carbonyl (C=O) groups excluding carboxylic acids is 4. The molecule has 0 aromatic heterocycles. The highest BCUT2D eigenvalue weighted by Crippen LogP contribution is 2.38. The first kappa shape index (κ1) is 22.6. The van der Waals surface area contributed by atoms with Gasteiger partial charge >= 0.3 is 5.97 Å². The fourth-order valence-electron chi connectivity index (χ4n) is 3.55. The number of hydrogen-bond donors (Lipinski definition) is 1. The van der Waals surface area contributed by atoms with Crippen LogP contribution in [0, 0.1) is 11.7 Å². The van der Waals surface area contributed by atoms with Crippen molar-refractivity contribution in [1.82, 2.24) is 0 Å². The Morgan fingerprint density at radius 1 is 0.939 bits per heavy atom. The first-order valence-electron chi connectivity index (χ1n) is 9.67. The van der Waals surface area contributed by atoms with Crippen molar-refractivity contribution in [3.63, 3.8) is 0 Å². The van der Waals surface area contributed by atoms with Gasteiger partial charge in [-0.15, -0.1) is 0 Å². The lowest BCUT2D eigenvalue weighted by atomic mass is 9.84. The summed E-state index contributed by atoms with van der Waals surface area (Å²) in [6.45, 7) is 0. The number of hydrogen-bond acceptors (Lipinski definition) is 5. The molecule has 9 heteroatoms. The van der Waals surface area contributed by atoms with E-state index in [0.29, 0.717) is 0 Å². The van der Waals surface area contributed by atoms with Crippen molar-refractivity contribution in [2.24, 2.45) is 5.92 Å². The largest absolute Gasteiger partial charge is 0.453 e. The van der Waals surface area contributed by atoms with E-state index in [0.717, 1.165) is 6.07 Å². The van der Waals surface area contributed by atoms with Gasteiger partial charge in [0.2, 0.25) is 5.78 Å². The van der Waals surface area contributed by atoms with Crippen LogP contribution in [0.4, 0.5) is 10.1 Å². The Morgan fingerprint density at radius 2 is 1.64 bits per heavy atom. The van der Waals surface area contributed by atoms with Gasteiger partial charge in [-0.1, -0.05) is 53.5 Å². The molecule has 1 heterocycles. The third-order valence-corrected chi connectivity index (χ3v) is 5.87. The number of halogens is 3. The maximum atomic E-state index is 14.4. The Bertz CT molecular complexity index is 1310. The molecule has 3 aromatic carbocycles. The number of anilines is 1. The van der Waals surface area contributed by atoms with Gasteiger partial charge in [-0.2, -0.15) is 0 Å². The van der Waals surface area contributed by atoms with Crippen molar-refractivity contribution in [2.45, 2.75) is 6.10 Å². The fourth-order valence-corrected chi connectivity index (χ4v) is 3.85. The Balaban J connectivity index is 1.72. The van der Waals surface area contributed by atoms with Gasteiger partial charge in [0.15, 0.2) is 5.78 Å². The third kappa shape index (κ3) is 4.37. The van der Waals surface area contributed by atoms with Crippen LogP contribution in [0.3, 0.4) is 0 Å². The maximum absolute atomic E-state index is 14.4. The number of amides is 1. The van der Waals surface area contributed by atoms with Crippen molar-refractivity contribution in [2.75, 3.05) is 5.32 Å². The monoisotopic (exact) mass is 485 g/mol. The maximum Gasteiger partial charge on any atom is 0.339 e. The molecule has 1 N–H and O–H groups in total. The minimum absolute atomic E-state index is 0.138. The summed E-state index contributed by atoms with van der Waals surface area (Å²) in [5, 5.41) is 2.73. The van der Waals surface area contributed by atoms with E-state index in [1.165, 1.54) is 48.5 Å². The Kier molecular flexibility index (Phi) is 6.26. The molecular formula is C24H14Cl2FNO5. The molecular weight excluding hydrogens is 472 g/mol. The molecule has 0 saturated carbocycles. The summed E-state index contributed by atoms with van der Waals surface area (Å²) in [5.41, 5.74) is 0.168. The molecule has 2 atom stereocenters. The molecule has 1 aliphatic heterocycles. The van der Waals surface area contributed by atoms with Crippen LogP contribution >= 0.6 is 23.2 Å². The summed E-state index contributed by atoms with van der Waals surface area (Å²) in [6.07, 6.45) is -1.40. The molecule has 6 nitrogen and oxygen atoms in total. The lowest BCUT2D eigenvalue weighted by Gasteiger charge is -2.21. The van der Waals surface area contributed by atoms with E-state index < -0.39 is 46.8 Å². The van der Waals surface area contributed by atoms with Gasteiger partial charge in [-0.05, 0) is 36.4 Å². The van der Waals surface area contributed by atoms with Gasteiger partial charge < -0.3 is 10.1 Å². The third-order valence-electron chi connectivity index (χ3n) is 5.13. The fraction of sp³-hybridized carbons (Fsp3) is 0.0833. The summed E-state index contributed by atoms with van der Waals surface area (Å²) >= 11 is 11.8. The van der Waals surface area contributed by atoms with E-state index in [4.69, 9.17) is 27.9 Å².